The van der Waals surface area contributed by atoms with Gasteiger partial charge >= 0.3 is 5.97 Å². The van der Waals surface area contributed by atoms with Crippen molar-refractivity contribution >= 4 is 5.97 Å². The van der Waals surface area contributed by atoms with Gasteiger partial charge in [-0.15, -0.1) is 0 Å². The van der Waals surface area contributed by atoms with Gasteiger partial charge in [-0.1, -0.05) is 48.5 Å². The van der Waals surface area contributed by atoms with Gasteiger partial charge in [0.25, 0.3) is 0 Å². The number of hydrogen-bond acceptors (Lipinski definition) is 3. The van der Waals surface area contributed by atoms with Gasteiger partial charge in [-0.05, 0) is 36.6 Å². The molecule has 2 aromatic rings. The number of aryl methyl sites for hydroxylation is 1. The van der Waals surface area contributed by atoms with Crippen molar-refractivity contribution in [3.63, 3.8) is 0 Å². The fourth-order valence-electron chi connectivity index (χ4n) is 1.86. The van der Waals surface area contributed by atoms with Crippen LogP contribution < -0.4 is 4.74 Å². The second-order valence-electron chi connectivity index (χ2n) is 4.74. The van der Waals surface area contributed by atoms with Crippen LogP contribution in [0.4, 0.5) is 0 Å². The van der Waals surface area contributed by atoms with E-state index in [1.54, 1.807) is 0 Å². The molecule has 21 heavy (non-hydrogen) atoms. The zero-order valence-electron chi connectivity index (χ0n) is 12.0. The minimum absolute atomic E-state index is 0.109. The van der Waals surface area contributed by atoms with Crippen LogP contribution in [0.1, 0.15) is 16.7 Å². The summed E-state index contributed by atoms with van der Waals surface area (Å²) < 4.78 is 10.1. The number of benzene rings is 2. The van der Waals surface area contributed by atoms with E-state index in [1.807, 2.05) is 24.3 Å². The first kappa shape index (κ1) is 14.9. The van der Waals surface area contributed by atoms with Crippen LogP contribution in [-0.2, 0) is 16.0 Å². The Labute approximate surface area is 124 Å². The van der Waals surface area contributed by atoms with Gasteiger partial charge in [0.1, 0.15) is 5.75 Å². The molecule has 0 saturated heterocycles. The van der Waals surface area contributed by atoms with Crippen LogP contribution in [-0.4, -0.2) is 12.8 Å². The van der Waals surface area contributed by atoms with Crippen molar-refractivity contribution in [3.8, 4) is 5.75 Å². The van der Waals surface area contributed by atoms with Crippen molar-refractivity contribution in [2.24, 2.45) is 0 Å². The second kappa shape index (κ2) is 7.29. The Morgan fingerprint density at radius 2 is 1.62 bits per heavy atom. The van der Waals surface area contributed by atoms with E-state index in [9.17, 15) is 4.79 Å². The lowest BCUT2D eigenvalue weighted by molar-refractivity contribution is -0.144. The first-order valence-electron chi connectivity index (χ1n) is 6.74. The summed E-state index contributed by atoms with van der Waals surface area (Å²) in [5, 5.41) is 0. The van der Waals surface area contributed by atoms with Crippen LogP contribution in [0.3, 0.4) is 0 Å². The van der Waals surface area contributed by atoms with E-state index in [-0.39, 0.29) is 6.79 Å². The first-order chi connectivity index (χ1) is 10.2. The quantitative estimate of drug-likeness (QED) is 0.461. The number of ether oxygens (including phenoxy) is 2. The summed E-state index contributed by atoms with van der Waals surface area (Å²) in [6.45, 7) is 5.28. The Hall–Kier alpha value is -2.55. The molecule has 0 atom stereocenters. The first-order valence-corrected chi connectivity index (χ1v) is 6.74. The molecule has 0 saturated carbocycles. The Morgan fingerprint density at radius 1 is 1.05 bits per heavy atom. The van der Waals surface area contributed by atoms with Gasteiger partial charge in [0.15, 0.2) is 0 Å². The lowest BCUT2D eigenvalue weighted by Gasteiger charge is -2.07. The number of hydrogen-bond donors (Lipinski definition) is 0. The third kappa shape index (κ3) is 4.80. The van der Waals surface area contributed by atoms with Gasteiger partial charge in [0, 0.05) is 6.08 Å². The smallest absolute Gasteiger partial charge is 0.333 e. The summed E-state index contributed by atoms with van der Waals surface area (Å²) in [4.78, 5) is 10.9. The molecule has 2 rings (SSSR count). The molecule has 2 aromatic carbocycles. The summed E-state index contributed by atoms with van der Waals surface area (Å²) in [6.07, 6.45) is 1.99. The Kier molecular flexibility index (Phi) is 5.16. The zero-order chi connectivity index (χ0) is 15.1. The molecular formula is C18H18O3. The highest BCUT2D eigenvalue weighted by Gasteiger charge is 1.99. The van der Waals surface area contributed by atoms with Crippen molar-refractivity contribution in [3.05, 3.63) is 77.9 Å². The van der Waals surface area contributed by atoms with Gasteiger partial charge in [-0.3, -0.25) is 0 Å². The molecule has 0 aliphatic carbocycles. The molecular weight excluding hydrogens is 264 g/mol. The van der Waals surface area contributed by atoms with Gasteiger partial charge in [-0.25, -0.2) is 4.79 Å². The summed E-state index contributed by atoms with van der Waals surface area (Å²) in [5.41, 5.74) is 3.74. The van der Waals surface area contributed by atoms with E-state index in [1.165, 1.54) is 16.7 Å². The van der Waals surface area contributed by atoms with E-state index in [4.69, 9.17) is 9.47 Å². The lowest BCUT2D eigenvalue weighted by Crippen LogP contribution is -2.07. The van der Waals surface area contributed by atoms with Gasteiger partial charge in [0.2, 0.25) is 6.79 Å². The fraction of sp³-hybridized carbons (Fsp3) is 0.167. The van der Waals surface area contributed by atoms with E-state index >= 15 is 0 Å². The lowest BCUT2D eigenvalue weighted by atomic mass is 10.0. The summed E-state index contributed by atoms with van der Waals surface area (Å²) in [5.74, 6) is 0.172. The van der Waals surface area contributed by atoms with Crippen LogP contribution in [0, 0.1) is 6.92 Å². The third-order valence-corrected chi connectivity index (χ3v) is 3.05. The highest BCUT2D eigenvalue weighted by Crippen LogP contribution is 2.15. The summed E-state index contributed by atoms with van der Waals surface area (Å²) >= 11 is 0. The van der Waals surface area contributed by atoms with Crippen LogP contribution in [0.25, 0.3) is 0 Å². The van der Waals surface area contributed by atoms with E-state index < -0.39 is 5.97 Å². The van der Waals surface area contributed by atoms with Crippen LogP contribution in [0.2, 0.25) is 0 Å². The predicted molar refractivity (Wildman–Crippen MR) is 82.2 cm³/mol. The monoisotopic (exact) mass is 282 g/mol. The zero-order valence-corrected chi connectivity index (χ0v) is 12.0. The number of carbonyl (C=O) groups is 1. The molecule has 3 nitrogen and oxygen atoms in total. The second-order valence-corrected chi connectivity index (χ2v) is 4.74. The number of esters is 1. The van der Waals surface area contributed by atoms with Crippen molar-refractivity contribution in [2.45, 2.75) is 13.3 Å². The van der Waals surface area contributed by atoms with Crippen molar-refractivity contribution < 1.29 is 14.3 Å². The molecule has 0 fully saturated rings. The van der Waals surface area contributed by atoms with E-state index in [2.05, 4.69) is 37.8 Å². The molecule has 0 spiro atoms. The van der Waals surface area contributed by atoms with Crippen molar-refractivity contribution in [1.82, 2.24) is 0 Å². The van der Waals surface area contributed by atoms with E-state index in [0.717, 1.165) is 12.5 Å². The highest BCUT2D eigenvalue weighted by atomic mass is 16.7. The largest absolute Gasteiger partial charge is 0.457 e. The molecule has 0 amide bonds. The topological polar surface area (TPSA) is 35.5 Å². The van der Waals surface area contributed by atoms with Gasteiger partial charge < -0.3 is 9.47 Å². The summed E-state index contributed by atoms with van der Waals surface area (Å²) in [7, 11) is 0. The maximum atomic E-state index is 10.9. The van der Waals surface area contributed by atoms with Crippen LogP contribution >= 0.6 is 0 Å². The Balaban J connectivity index is 1.88. The molecule has 0 aliphatic heterocycles. The maximum Gasteiger partial charge on any atom is 0.333 e. The average Bonchev–Trinajstić information content (AvgIpc) is 2.51. The predicted octanol–water partition coefficient (Wildman–Crippen LogP) is 3.65. The number of rotatable bonds is 6. The molecule has 108 valence electrons. The minimum atomic E-state index is -0.494. The van der Waals surface area contributed by atoms with E-state index in [0.29, 0.717) is 5.75 Å². The molecule has 0 N–H and O–H groups in total. The molecule has 0 aliphatic rings. The SMILES string of the molecule is C=CC(=O)OCOc1ccc(Cc2ccc(C)cc2)cc1. The number of carbonyl (C=O) groups excluding carboxylic acids is 1. The molecule has 0 radical (unpaired) electrons. The maximum absolute atomic E-state index is 10.9. The van der Waals surface area contributed by atoms with Crippen molar-refractivity contribution in [1.29, 1.82) is 0 Å². The highest BCUT2D eigenvalue weighted by molar-refractivity contribution is 5.81. The molecule has 0 aromatic heterocycles. The third-order valence-electron chi connectivity index (χ3n) is 3.05. The minimum Gasteiger partial charge on any atom is -0.457 e. The van der Waals surface area contributed by atoms with Gasteiger partial charge in [-0.2, -0.15) is 0 Å². The molecule has 3 heteroatoms. The van der Waals surface area contributed by atoms with Crippen LogP contribution in [0.5, 0.6) is 5.75 Å². The average molecular weight is 282 g/mol. The van der Waals surface area contributed by atoms with Crippen LogP contribution in [0.15, 0.2) is 61.2 Å². The molecule has 0 heterocycles. The Morgan fingerprint density at radius 3 is 2.19 bits per heavy atom. The fourth-order valence-corrected chi connectivity index (χ4v) is 1.86. The Bertz CT molecular complexity index is 597. The molecule has 0 bridgehead atoms. The standard InChI is InChI=1S/C18H18O3/c1-3-18(19)21-13-20-17-10-8-16(9-11-17)12-15-6-4-14(2)5-7-15/h3-11H,1,12-13H2,2H3. The van der Waals surface area contributed by atoms with Crippen molar-refractivity contribution in [2.75, 3.05) is 6.79 Å². The normalized spacial score (nSPS) is 9.95. The summed E-state index contributed by atoms with van der Waals surface area (Å²) in [6, 6.07) is 16.2. The molecule has 0 unspecified atom stereocenters. The van der Waals surface area contributed by atoms with Gasteiger partial charge in [0.05, 0.1) is 0 Å².